The molecule has 1 saturated heterocycles. The van der Waals surface area contributed by atoms with Crippen LogP contribution in [0.25, 0.3) is 0 Å². The number of pyridine rings is 1. The van der Waals surface area contributed by atoms with Crippen molar-refractivity contribution in [3.8, 4) is 0 Å². The number of amides is 2. The predicted octanol–water partition coefficient (Wildman–Crippen LogP) is 0.576. The maximum absolute atomic E-state index is 12.3. The summed E-state index contributed by atoms with van der Waals surface area (Å²) in [5, 5.41) is 2.31. The van der Waals surface area contributed by atoms with Gasteiger partial charge in [0.25, 0.3) is 5.91 Å². The quantitative estimate of drug-likeness (QED) is 0.855. The minimum absolute atomic E-state index is 0.0738. The van der Waals surface area contributed by atoms with Crippen molar-refractivity contribution in [1.82, 2.24) is 15.2 Å². The maximum Gasteiger partial charge on any atom is 0.406 e. The minimum atomic E-state index is -4.48. The van der Waals surface area contributed by atoms with Gasteiger partial charge in [0.15, 0.2) is 5.43 Å². The molecule has 0 radical (unpaired) electrons. The fourth-order valence-electron chi connectivity index (χ4n) is 2.24. The topological polar surface area (TPSA) is 82.3 Å². The molecule has 0 bridgehead atoms. The van der Waals surface area contributed by atoms with E-state index in [4.69, 9.17) is 0 Å². The van der Waals surface area contributed by atoms with Gasteiger partial charge in [0.05, 0.1) is 0 Å². The lowest BCUT2D eigenvalue weighted by atomic mass is 10.1. The third kappa shape index (κ3) is 3.46. The first-order chi connectivity index (χ1) is 10.2. The van der Waals surface area contributed by atoms with Crippen molar-refractivity contribution < 1.29 is 22.8 Å². The van der Waals surface area contributed by atoms with Crippen molar-refractivity contribution >= 4 is 11.8 Å². The van der Waals surface area contributed by atoms with E-state index in [1.165, 1.54) is 19.3 Å². The number of alkyl halides is 3. The normalized spacial score (nSPS) is 18.6. The second-order valence-electron chi connectivity index (χ2n) is 5.07. The Morgan fingerprint density at radius 3 is 2.73 bits per heavy atom. The van der Waals surface area contributed by atoms with Gasteiger partial charge in [-0.25, -0.2) is 0 Å². The van der Waals surface area contributed by atoms with Crippen molar-refractivity contribution in [3.05, 3.63) is 33.7 Å². The average Bonchev–Trinajstić information content (AvgIpc) is 2.73. The van der Waals surface area contributed by atoms with Gasteiger partial charge in [-0.1, -0.05) is 0 Å². The van der Waals surface area contributed by atoms with Crippen LogP contribution in [0.15, 0.2) is 17.2 Å². The molecule has 0 aromatic carbocycles. The van der Waals surface area contributed by atoms with E-state index in [0.717, 1.165) is 0 Å². The fraction of sp³-hybridized carbons (Fsp3) is 0.462. The van der Waals surface area contributed by atoms with Gasteiger partial charge >= 0.3 is 6.18 Å². The van der Waals surface area contributed by atoms with Gasteiger partial charge in [0.1, 0.15) is 18.2 Å². The zero-order valence-electron chi connectivity index (χ0n) is 11.7. The molecule has 1 atom stereocenters. The maximum atomic E-state index is 12.3. The number of carbonyl (C=O) groups excluding carboxylic acids is 2. The molecule has 2 amide bonds. The molecule has 22 heavy (non-hydrogen) atoms. The number of hydrogen-bond acceptors (Lipinski definition) is 3. The molecule has 0 saturated carbocycles. The lowest BCUT2D eigenvalue weighted by Gasteiger charge is -2.18. The first-order valence-corrected chi connectivity index (χ1v) is 6.53. The summed E-state index contributed by atoms with van der Waals surface area (Å²) in [6.45, 7) is 0.0814. The molecule has 1 aromatic heterocycles. The summed E-state index contributed by atoms with van der Waals surface area (Å²) in [4.78, 5) is 38.9. The molecule has 1 aromatic rings. The number of aryl methyl sites for hydroxylation is 1. The second-order valence-corrected chi connectivity index (χ2v) is 5.07. The summed E-state index contributed by atoms with van der Waals surface area (Å²) in [7, 11) is 0. The largest absolute Gasteiger partial charge is 0.406 e. The molecule has 1 unspecified atom stereocenters. The number of halogens is 3. The second kappa shape index (κ2) is 5.82. The predicted molar refractivity (Wildman–Crippen MR) is 70.3 cm³/mol. The molecule has 0 aliphatic carbocycles. The van der Waals surface area contributed by atoms with Gasteiger partial charge < -0.3 is 15.2 Å². The average molecular weight is 317 g/mol. The molecule has 2 N–H and O–H groups in total. The van der Waals surface area contributed by atoms with Crippen molar-refractivity contribution in [2.75, 3.05) is 13.1 Å². The highest BCUT2D eigenvalue weighted by Gasteiger charge is 2.39. The number of H-pyrrole nitrogens is 1. The van der Waals surface area contributed by atoms with Crippen molar-refractivity contribution in [1.29, 1.82) is 0 Å². The Morgan fingerprint density at radius 1 is 1.41 bits per heavy atom. The highest BCUT2D eigenvalue weighted by atomic mass is 19.4. The number of nitrogens with one attached hydrogen (secondary N) is 2. The van der Waals surface area contributed by atoms with E-state index in [9.17, 15) is 27.6 Å². The molecule has 6 nitrogen and oxygen atoms in total. The van der Waals surface area contributed by atoms with Gasteiger partial charge in [-0.05, 0) is 13.3 Å². The number of carbonyl (C=O) groups is 2. The Kier molecular flexibility index (Phi) is 4.25. The van der Waals surface area contributed by atoms with Crippen LogP contribution in [-0.4, -0.2) is 47.0 Å². The molecule has 120 valence electrons. The van der Waals surface area contributed by atoms with Gasteiger partial charge in [-0.3, -0.25) is 14.4 Å². The summed E-state index contributed by atoms with van der Waals surface area (Å²) in [6.07, 6.45) is -1.80. The molecule has 9 heteroatoms. The first kappa shape index (κ1) is 16.1. The molecule has 1 aliphatic heterocycles. The van der Waals surface area contributed by atoms with Crippen LogP contribution in [0.3, 0.4) is 0 Å². The van der Waals surface area contributed by atoms with Crippen LogP contribution in [0.4, 0.5) is 13.2 Å². The SMILES string of the molecule is Cc1c[nH]cc(C(=O)NC2CCN(CC(F)(F)F)C2=O)c1=O. The Labute approximate surface area is 123 Å². The summed E-state index contributed by atoms with van der Waals surface area (Å²) in [5.74, 6) is -1.58. The summed E-state index contributed by atoms with van der Waals surface area (Å²) >= 11 is 0. The molecule has 1 fully saturated rings. The molecule has 1 aliphatic rings. The number of rotatable bonds is 3. The van der Waals surface area contributed by atoms with E-state index in [1.54, 1.807) is 0 Å². The van der Waals surface area contributed by atoms with Gasteiger partial charge in [0, 0.05) is 24.5 Å². The molecule has 2 rings (SSSR count). The third-order valence-corrected chi connectivity index (χ3v) is 3.35. The van der Waals surface area contributed by atoms with E-state index in [2.05, 4.69) is 10.3 Å². The zero-order valence-corrected chi connectivity index (χ0v) is 11.7. The first-order valence-electron chi connectivity index (χ1n) is 6.53. The minimum Gasteiger partial charge on any atom is -0.366 e. The van der Waals surface area contributed by atoms with E-state index >= 15 is 0 Å². The Hall–Kier alpha value is -2.32. The number of aromatic amines is 1. The Morgan fingerprint density at radius 2 is 2.09 bits per heavy atom. The van der Waals surface area contributed by atoms with E-state index in [0.29, 0.717) is 10.5 Å². The highest BCUT2D eigenvalue weighted by Crippen LogP contribution is 2.20. The summed E-state index contributed by atoms with van der Waals surface area (Å²) in [6, 6.07) is -1.05. The molecule has 2 heterocycles. The zero-order chi connectivity index (χ0) is 16.5. The molecule has 0 spiro atoms. The fourth-order valence-corrected chi connectivity index (χ4v) is 2.24. The number of hydrogen-bond donors (Lipinski definition) is 2. The lowest BCUT2D eigenvalue weighted by molar-refractivity contribution is -0.157. The van der Waals surface area contributed by atoms with Crippen LogP contribution in [0.2, 0.25) is 0 Å². The van der Waals surface area contributed by atoms with Crippen molar-refractivity contribution in [2.24, 2.45) is 0 Å². The van der Waals surface area contributed by atoms with Gasteiger partial charge in [0.2, 0.25) is 5.91 Å². The standard InChI is InChI=1S/C13H14F3N3O3/c1-7-4-17-5-8(10(7)20)11(21)18-9-2-3-19(12(9)22)6-13(14,15)16/h4-5,9H,2-3,6H2,1H3,(H,17,20)(H,18,21). The van der Waals surface area contributed by atoms with E-state index in [-0.39, 0.29) is 18.5 Å². The third-order valence-electron chi connectivity index (χ3n) is 3.35. The Balaban J connectivity index is 2.06. The van der Waals surface area contributed by atoms with Crippen LogP contribution in [0, 0.1) is 6.92 Å². The van der Waals surface area contributed by atoms with Crippen molar-refractivity contribution in [2.45, 2.75) is 25.6 Å². The monoisotopic (exact) mass is 317 g/mol. The lowest BCUT2D eigenvalue weighted by Crippen LogP contribution is -2.44. The Bertz CT molecular complexity index is 654. The van der Waals surface area contributed by atoms with Crippen LogP contribution in [0.1, 0.15) is 22.3 Å². The van der Waals surface area contributed by atoms with Crippen LogP contribution >= 0.6 is 0 Å². The summed E-state index contributed by atoms with van der Waals surface area (Å²) in [5.41, 5.74) is -0.347. The molecular weight excluding hydrogens is 303 g/mol. The number of likely N-dealkylation sites (tertiary alicyclic amines) is 1. The highest BCUT2D eigenvalue weighted by molar-refractivity contribution is 5.97. The number of nitrogens with zero attached hydrogens (tertiary/aromatic N) is 1. The van der Waals surface area contributed by atoms with Crippen LogP contribution < -0.4 is 10.7 Å². The number of aromatic nitrogens is 1. The van der Waals surface area contributed by atoms with E-state index < -0.39 is 36.0 Å². The van der Waals surface area contributed by atoms with Crippen molar-refractivity contribution in [3.63, 3.8) is 0 Å². The summed E-state index contributed by atoms with van der Waals surface area (Å²) < 4.78 is 36.9. The van der Waals surface area contributed by atoms with Crippen LogP contribution in [0.5, 0.6) is 0 Å². The van der Waals surface area contributed by atoms with Crippen LogP contribution in [-0.2, 0) is 4.79 Å². The molecular formula is C13H14F3N3O3. The van der Waals surface area contributed by atoms with Gasteiger partial charge in [-0.15, -0.1) is 0 Å². The van der Waals surface area contributed by atoms with Gasteiger partial charge in [-0.2, -0.15) is 13.2 Å². The smallest absolute Gasteiger partial charge is 0.366 e. The van der Waals surface area contributed by atoms with E-state index in [1.807, 2.05) is 0 Å².